The highest BCUT2D eigenvalue weighted by molar-refractivity contribution is 5.76. The van der Waals surface area contributed by atoms with Crippen molar-refractivity contribution in [2.75, 3.05) is 6.61 Å². The van der Waals surface area contributed by atoms with Crippen LogP contribution in [0.25, 0.3) is 0 Å². The van der Waals surface area contributed by atoms with Gasteiger partial charge in [-0.3, -0.25) is 4.79 Å². The average Bonchev–Trinajstić information content (AvgIpc) is 1.94. The third-order valence-electron chi connectivity index (χ3n) is 2.40. The van der Waals surface area contributed by atoms with Gasteiger partial charge in [0, 0.05) is 0 Å². The molecule has 0 aliphatic heterocycles. The summed E-state index contributed by atoms with van der Waals surface area (Å²) in [5.74, 6) is -0.863. The maximum atomic E-state index is 10.9. The quantitative estimate of drug-likeness (QED) is 0.679. The SMILES string of the molecule is CC(C)OCC1(C(=O)O)CC(O)C1. The summed E-state index contributed by atoms with van der Waals surface area (Å²) in [7, 11) is 0. The Bertz CT molecular complexity index is 194. The molecule has 1 fully saturated rings. The summed E-state index contributed by atoms with van der Waals surface area (Å²) >= 11 is 0. The van der Waals surface area contributed by atoms with Crippen LogP contribution in [0.1, 0.15) is 26.7 Å². The minimum Gasteiger partial charge on any atom is -0.481 e. The predicted molar refractivity (Wildman–Crippen MR) is 46.4 cm³/mol. The van der Waals surface area contributed by atoms with Gasteiger partial charge in [0.15, 0.2) is 0 Å². The molecule has 0 aromatic carbocycles. The number of aliphatic hydroxyl groups is 1. The number of carboxylic acids is 1. The molecule has 0 amide bonds. The third kappa shape index (κ3) is 2.19. The number of aliphatic carboxylic acids is 1. The van der Waals surface area contributed by atoms with Gasteiger partial charge >= 0.3 is 5.97 Å². The highest BCUT2D eigenvalue weighted by Crippen LogP contribution is 2.41. The van der Waals surface area contributed by atoms with E-state index in [1.807, 2.05) is 13.8 Å². The van der Waals surface area contributed by atoms with Crippen molar-refractivity contribution < 1.29 is 19.7 Å². The van der Waals surface area contributed by atoms with Crippen molar-refractivity contribution in [3.63, 3.8) is 0 Å². The Morgan fingerprint density at radius 3 is 2.46 bits per heavy atom. The molecule has 0 aromatic rings. The molecule has 4 heteroatoms. The first-order chi connectivity index (χ1) is 5.96. The summed E-state index contributed by atoms with van der Waals surface area (Å²) < 4.78 is 5.27. The molecule has 0 unspecified atom stereocenters. The Hall–Kier alpha value is -0.610. The van der Waals surface area contributed by atoms with E-state index in [4.69, 9.17) is 14.9 Å². The van der Waals surface area contributed by atoms with E-state index in [1.54, 1.807) is 0 Å². The van der Waals surface area contributed by atoms with Gasteiger partial charge in [-0.1, -0.05) is 0 Å². The number of carbonyl (C=O) groups is 1. The molecule has 0 bridgehead atoms. The molecule has 1 aliphatic rings. The van der Waals surface area contributed by atoms with Crippen LogP contribution in [-0.4, -0.2) is 35.0 Å². The van der Waals surface area contributed by atoms with E-state index in [-0.39, 0.29) is 12.7 Å². The summed E-state index contributed by atoms with van der Waals surface area (Å²) in [6.07, 6.45) is 0.199. The van der Waals surface area contributed by atoms with Crippen LogP contribution in [0.2, 0.25) is 0 Å². The summed E-state index contributed by atoms with van der Waals surface area (Å²) in [5, 5.41) is 18.0. The largest absolute Gasteiger partial charge is 0.481 e. The van der Waals surface area contributed by atoms with E-state index in [1.165, 1.54) is 0 Å². The van der Waals surface area contributed by atoms with E-state index in [2.05, 4.69) is 0 Å². The first kappa shape index (κ1) is 10.5. The lowest BCUT2D eigenvalue weighted by molar-refractivity contribution is -0.173. The van der Waals surface area contributed by atoms with Crippen molar-refractivity contribution in [2.24, 2.45) is 5.41 Å². The van der Waals surface area contributed by atoms with E-state index in [9.17, 15) is 4.79 Å². The summed E-state index contributed by atoms with van der Waals surface area (Å²) in [5.41, 5.74) is -0.830. The molecule has 1 rings (SSSR count). The molecule has 0 heterocycles. The number of aliphatic hydroxyl groups excluding tert-OH is 1. The van der Waals surface area contributed by atoms with Gasteiger partial charge in [0.25, 0.3) is 0 Å². The molecule has 2 N–H and O–H groups in total. The molecule has 0 aromatic heterocycles. The van der Waals surface area contributed by atoms with Crippen molar-refractivity contribution in [1.29, 1.82) is 0 Å². The smallest absolute Gasteiger partial charge is 0.312 e. The lowest BCUT2D eigenvalue weighted by atomic mass is 9.67. The number of carboxylic acid groups (broad SMARTS) is 1. The second-order valence-electron chi connectivity index (χ2n) is 4.01. The Morgan fingerprint density at radius 1 is 1.62 bits per heavy atom. The molecule has 0 saturated heterocycles. The maximum absolute atomic E-state index is 10.9. The van der Waals surface area contributed by atoms with Gasteiger partial charge in [-0.15, -0.1) is 0 Å². The van der Waals surface area contributed by atoms with Gasteiger partial charge < -0.3 is 14.9 Å². The first-order valence-corrected chi connectivity index (χ1v) is 4.49. The van der Waals surface area contributed by atoms with Crippen LogP contribution in [0.4, 0.5) is 0 Å². The third-order valence-corrected chi connectivity index (χ3v) is 2.40. The molecule has 13 heavy (non-hydrogen) atoms. The van der Waals surface area contributed by atoms with E-state index < -0.39 is 17.5 Å². The van der Waals surface area contributed by atoms with Gasteiger partial charge in [0.1, 0.15) is 0 Å². The lowest BCUT2D eigenvalue weighted by Gasteiger charge is -2.41. The second kappa shape index (κ2) is 3.64. The average molecular weight is 188 g/mol. The number of hydrogen-bond acceptors (Lipinski definition) is 3. The molecular weight excluding hydrogens is 172 g/mol. The second-order valence-corrected chi connectivity index (χ2v) is 4.01. The fourth-order valence-corrected chi connectivity index (χ4v) is 1.52. The van der Waals surface area contributed by atoms with Crippen LogP contribution >= 0.6 is 0 Å². The molecule has 4 nitrogen and oxygen atoms in total. The number of hydrogen-bond donors (Lipinski definition) is 2. The lowest BCUT2D eigenvalue weighted by Crippen LogP contribution is -2.50. The minimum atomic E-state index is -0.863. The van der Waals surface area contributed by atoms with E-state index in [0.29, 0.717) is 12.8 Å². The highest BCUT2D eigenvalue weighted by Gasteiger charge is 2.50. The van der Waals surface area contributed by atoms with Crippen molar-refractivity contribution in [3.05, 3.63) is 0 Å². The van der Waals surface area contributed by atoms with Crippen molar-refractivity contribution in [2.45, 2.75) is 38.9 Å². The van der Waals surface area contributed by atoms with Crippen LogP contribution in [0, 0.1) is 5.41 Å². The van der Waals surface area contributed by atoms with Gasteiger partial charge in [0.05, 0.1) is 24.2 Å². The van der Waals surface area contributed by atoms with E-state index >= 15 is 0 Å². The fraction of sp³-hybridized carbons (Fsp3) is 0.889. The Morgan fingerprint density at radius 2 is 2.15 bits per heavy atom. The molecule has 0 atom stereocenters. The van der Waals surface area contributed by atoms with Crippen molar-refractivity contribution >= 4 is 5.97 Å². The maximum Gasteiger partial charge on any atom is 0.312 e. The standard InChI is InChI=1S/C9H16O4/c1-6(2)13-5-9(8(11)12)3-7(10)4-9/h6-7,10H,3-5H2,1-2H3,(H,11,12). The molecule has 0 radical (unpaired) electrons. The van der Waals surface area contributed by atoms with E-state index in [0.717, 1.165) is 0 Å². The monoisotopic (exact) mass is 188 g/mol. The zero-order valence-corrected chi connectivity index (χ0v) is 7.99. The first-order valence-electron chi connectivity index (χ1n) is 4.49. The predicted octanol–water partition coefficient (Wildman–Crippen LogP) is 0.637. The summed E-state index contributed by atoms with van der Waals surface area (Å²) in [6.45, 7) is 3.94. The minimum absolute atomic E-state index is 0.0361. The topological polar surface area (TPSA) is 66.8 Å². The van der Waals surface area contributed by atoms with Crippen molar-refractivity contribution in [3.8, 4) is 0 Å². The molecular formula is C9H16O4. The number of ether oxygens (including phenoxy) is 1. The Labute approximate surface area is 77.5 Å². The molecule has 1 aliphatic carbocycles. The molecule has 0 spiro atoms. The van der Waals surface area contributed by atoms with Gasteiger partial charge in [-0.2, -0.15) is 0 Å². The van der Waals surface area contributed by atoms with Gasteiger partial charge in [-0.25, -0.2) is 0 Å². The fourth-order valence-electron chi connectivity index (χ4n) is 1.52. The van der Waals surface area contributed by atoms with Crippen molar-refractivity contribution in [1.82, 2.24) is 0 Å². The normalized spacial score (nSPS) is 33.1. The van der Waals surface area contributed by atoms with Gasteiger partial charge in [0.2, 0.25) is 0 Å². The Balaban J connectivity index is 2.46. The summed E-state index contributed by atoms with van der Waals surface area (Å²) in [4.78, 5) is 10.9. The molecule has 76 valence electrons. The zero-order valence-electron chi connectivity index (χ0n) is 7.99. The Kier molecular flexibility index (Phi) is 2.93. The van der Waals surface area contributed by atoms with Gasteiger partial charge in [-0.05, 0) is 26.7 Å². The van der Waals surface area contributed by atoms with Crippen LogP contribution in [-0.2, 0) is 9.53 Å². The number of rotatable bonds is 4. The zero-order chi connectivity index (χ0) is 10.1. The summed E-state index contributed by atoms with van der Waals surface area (Å²) in [6, 6.07) is 0. The highest BCUT2D eigenvalue weighted by atomic mass is 16.5. The van der Waals surface area contributed by atoms with Crippen LogP contribution in [0.5, 0.6) is 0 Å². The van der Waals surface area contributed by atoms with Crippen LogP contribution in [0.15, 0.2) is 0 Å². The van der Waals surface area contributed by atoms with Crippen LogP contribution < -0.4 is 0 Å². The molecule has 1 saturated carbocycles. The van der Waals surface area contributed by atoms with Crippen LogP contribution in [0.3, 0.4) is 0 Å².